The van der Waals surface area contributed by atoms with Gasteiger partial charge < -0.3 is 11.5 Å². The lowest BCUT2D eigenvalue weighted by Gasteiger charge is -2.40. The first-order valence-corrected chi connectivity index (χ1v) is 6.64. The van der Waals surface area contributed by atoms with Crippen LogP contribution in [0.5, 0.6) is 0 Å². The average Bonchev–Trinajstić information content (AvgIpc) is 2.12. The van der Waals surface area contributed by atoms with E-state index in [0.29, 0.717) is 6.07 Å². The summed E-state index contributed by atoms with van der Waals surface area (Å²) in [6.07, 6.45) is 0. The van der Waals surface area contributed by atoms with Gasteiger partial charge in [0, 0.05) is 5.56 Å². The molecule has 0 fully saturated rings. The minimum Gasteiger partial charge on any atom is -0.370 e. The molecule has 0 atom stereocenters. The van der Waals surface area contributed by atoms with Crippen molar-refractivity contribution in [3.8, 4) is 0 Å². The predicted octanol–water partition coefficient (Wildman–Crippen LogP) is 3.07. The standard InChI is InChI=1S/C9H10F5N3OS/c1-5-4-6(19(10,11,12,13)14)2-3-7(5)8(18)17-9(15)16/h2-4H,1H3,(H4,15,16,17,18). The first kappa shape index (κ1) is 15.2. The van der Waals surface area contributed by atoms with Crippen LogP contribution in [0.3, 0.4) is 0 Å². The van der Waals surface area contributed by atoms with Gasteiger partial charge in [-0.15, -0.1) is 0 Å². The highest BCUT2D eigenvalue weighted by atomic mass is 32.5. The monoisotopic (exact) mass is 303 g/mol. The van der Waals surface area contributed by atoms with Gasteiger partial charge in [0.2, 0.25) is 0 Å². The van der Waals surface area contributed by atoms with E-state index in [2.05, 4.69) is 4.99 Å². The van der Waals surface area contributed by atoms with E-state index in [9.17, 15) is 24.2 Å². The van der Waals surface area contributed by atoms with Crippen LogP contribution in [0.1, 0.15) is 15.9 Å². The molecule has 0 saturated heterocycles. The molecule has 0 aliphatic heterocycles. The summed E-state index contributed by atoms with van der Waals surface area (Å²) in [4.78, 5) is 12.4. The number of carbonyl (C=O) groups is 1. The molecule has 1 aromatic carbocycles. The Bertz CT molecular complexity index is 577. The lowest BCUT2D eigenvalue weighted by molar-refractivity contribution is 0.100. The normalized spacial score (nSPS) is 15.3. The summed E-state index contributed by atoms with van der Waals surface area (Å²) >= 11 is 0. The molecular weight excluding hydrogens is 293 g/mol. The van der Waals surface area contributed by atoms with E-state index < -0.39 is 27.0 Å². The molecule has 1 rings (SSSR count). The zero-order valence-corrected chi connectivity index (χ0v) is 10.4. The second-order valence-electron chi connectivity index (χ2n) is 3.79. The number of amides is 1. The number of rotatable bonds is 2. The number of hydrogen-bond donors (Lipinski definition) is 2. The van der Waals surface area contributed by atoms with E-state index in [0.717, 1.165) is 6.92 Å². The topological polar surface area (TPSA) is 81.5 Å². The minimum absolute atomic E-state index is 0.129. The van der Waals surface area contributed by atoms with Gasteiger partial charge in [-0.05, 0) is 30.7 Å². The Kier molecular flexibility index (Phi) is 2.88. The Balaban J connectivity index is 3.36. The lowest BCUT2D eigenvalue weighted by atomic mass is 10.1. The van der Waals surface area contributed by atoms with E-state index >= 15 is 0 Å². The van der Waals surface area contributed by atoms with Crippen LogP contribution in [0.2, 0.25) is 0 Å². The van der Waals surface area contributed by atoms with Gasteiger partial charge in [0.1, 0.15) is 4.90 Å². The fraction of sp³-hybridized carbons (Fsp3) is 0.111. The Morgan fingerprint density at radius 3 is 2.05 bits per heavy atom. The summed E-state index contributed by atoms with van der Waals surface area (Å²) in [5.74, 6) is -1.59. The van der Waals surface area contributed by atoms with Gasteiger partial charge in [0.15, 0.2) is 5.96 Å². The number of halogens is 5. The number of aryl methyl sites for hydroxylation is 1. The molecule has 10 heteroatoms. The van der Waals surface area contributed by atoms with E-state index in [4.69, 9.17) is 11.5 Å². The molecule has 1 aromatic rings. The molecule has 19 heavy (non-hydrogen) atoms. The van der Waals surface area contributed by atoms with Gasteiger partial charge in [0.25, 0.3) is 5.91 Å². The number of guanidine groups is 1. The number of nitrogens with zero attached hydrogens (tertiary/aromatic N) is 1. The second kappa shape index (κ2) is 3.59. The van der Waals surface area contributed by atoms with Crippen molar-refractivity contribution in [2.75, 3.05) is 0 Å². The fourth-order valence-electron chi connectivity index (χ4n) is 1.29. The van der Waals surface area contributed by atoms with Crippen molar-refractivity contribution in [2.45, 2.75) is 11.8 Å². The largest absolute Gasteiger partial charge is 0.370 e. The van der Waals surface area contributed by atoms with Gasteiger partial charge in [-0.3, -0.25) is 4.79 Å². The Labute approximate surface area is 105 Å². The van der Waals surface area contributed by atoms with Crippen molar-refractivity contribution >= 4 is 22.1 Å². The summed E-state index contributed by atoms with van der Waals surface area (Å²) in [6, 6.07) is 0.929. The van der Waals surface area contributed by atoms with E-state index in [1.54, 1.807) is 0 Å². The second-order valence-corrected chi connectivity index (χ2v) is 6.20. The molecule has 0 radical (unpaired) electrons. The molecule has 0 heterocycles. The Hall–Kier alpha value is -1.84. The van der Waals surface area contributed by atoms with Gasteiger partial charge >= 0.3 is 10.2 Å². The van der Waals surface area contributed by atoms with E-state index in [-0.39, 0.29) is 23.3 Å². The molecule has 0 bridgehead atoms. The lowest BCUT2D eigenvalue weighted by Crippen LogP contribution is -2.24. The third kappa shape index (κ3) is 3.81. The molecule has 0 saturated carbocycles. The van der Waals surface area contributed by atoms with Crippen molar-refractivity contribution in [1.82, 2.24) is 0 Å². The van der Waals surface area contributed by atoms with Crippen molar-refractivity contribution in [2.24, 2.45) is 16.5 Å². The average molecular weight is 303 g/mol. The number of carbonyl (C=O) groups excluding carboxylic acids is 1. The Morgan fingerprint density at radius 1 is 1.16 bits per heavy atom. The van der Waals surface area contributed by atoms with E-state index in [1.807, 2.05) is 0 Å². The molecule has 0 spiro atoms. The zero-order chi connectivity index (χ0) is 15.1. The molecule has 1 amide bonds. The molecular formula is C9H10F5N3OS. The molecule has 0 aliphatic carbocycles. The summed E-state index contributed by atoms with van der Waals surface area (Å²) in [5, 5.41) is 0. The number of hydrogen-bond acceptors (Lipinski definition) is 1. The predicted molar refractivity (Wildman–Crippen MR) is 62.7 cm³/mol. The molecule has 4 nitrogen and oxygen atoms in total. The Morgan fingerprint density at radius 2 is 1.68 bits per heavy atom. The molecule has 0 aliphatic rings. The summed E-state index contributed by atoms with van der Waals surface area (Å²) in [5.41, 5.74) is 9.27. The van der Waals surface area contributed by atoms with Crippen molar-refractivity contribution in [1.29, 1.82) is 0 Å². The van der Waals surface area contributed by atoms with Crippen LogP contribution in [-0.4, -0.2) is 11.9 Å². The molecule has 4 N–H and O–H groups in total. The first-order chi connectivity index (χ1) is 8.20. The van der Waals surface area contributed by atoms with Crippen molar-refractivity contribution < 1.29 is 24.2 Å². The maximum absolute atomic E-state index is 12.5. The molecule has 0 aromatic heterocycles. The van der Waals surface area contributed by atoms with Gasteiger partial charge in [0.05, 0.1) is 0 Å². The molecule has 108 valence electrons. The number of nitrogens with two attached hydrogens (primary N) is 2. The zero-order valence-electron chi connectivity index (χ0n) is 9.54. The number of benzene rings is 1. The van der Waals surface area contributed by atoms with Gasteiger partial charge in [-0.2, -0.15) is 4.99 Å². The van der Waals surface area contributed by atoms with Crippen molar-refractivity contribution in [3.63, 3.8) is 0 Å². The third-order valence-corrected chi connectivity index (χ3v) is 3.25. The highest BCUT2D eigenvalue weighted by Crippen LogP contribution is 3.02. The number of aliphatic imine (C=N–C) groups is 1. The smallest absolute Gasteiger partial charge is 0.310 e. The maximum Gasteiger partial charge on any atom is 0.310 e. The summed E-state index contributed by atoms with van der Waals surface area (Å²) < 4.78 is 62.6. The third-order valence-electron chi connectivity index (χ3n) is 2.10. The minimum atomic E-state index is -9.76. The highest BCUT2D eigenvalue weighted by Gasteiger charge is 2.65. The van der Waals surface area contributed by atoms with Crippen molar-refractivity contribution in [3.05, 3.63) is 29.3 Å². The van der Waals surface area contributed by atoms with Crippen LogP contribution in [0.15, 0.2) is 28.1 Å². The molecule has 0 unspecified atom stereocenters. The quantitative estimate of drug-likeness (QED) is 0.500. The van der Waals surface area contributed by atoms with Crippen LogP contribution in [-0.2, 0) is 0 Å². The maximum atomic E-state index is 12.5. The van der Waals surface area contributed by atoms with Crippen LogP contribution in [0.25, 0.3) is 0 Å². The van der Waals surface area contributed by atoms with Gasteiger partial charge in [-0.25, -0.2) is 0 Å². The highest BCUT2D eigenvalue weighted by molar-refractivity contribution is 8.45. The van der Waals surface area contributed by atoms with Gasteiger partial charge in [-0.1, -0.05) is 19.4 Å². The SMILES string of the molecule is Cc1cc(S(F)(F)(F)(F)F)ccc1C(=O)N=C(N)N. The fourth-order valence-corrected chi connectivity index (χ4v) is 2.02. The van der Waals surface area contributed by atoms with E-state index in [1.165, 1.54) is 0 Å². The van der Waals surface area contributed by atoms with Crippen LogP contribution in [0, 0.1) is 6.92 Å². The first-order valence-electron chi connectivity index (χ1n) is 4.69. The van der Waals surface area contributed by atoms with Crippen LogP contribution < -0.4 is 11.5 Å². The van der Waals surface area contributed by atoms with Crippen LogP contribution in [0.4, 0.5) is 19.4 Å². The van der Waals surface area contributed by atoms with Crippen LogP contribution >= 0.6 is 10.2 Å². The summed E-state index contributed by atoms with van der Waals surface area (Å²) in [7, 11) is -9.76. The summed E-state index contributed by atoms with van der Waals surface area (Å²) in [6.45, 7) is 1.07.